The van der Waals surface area contributed by atoms with Gasteiger partial charge in [-0.05, 0) is 12.8 Å². The first-order valence-corrected chi connectivity index (χ1v) is 8.41. The van der Waals surface area contributed by atoms with Crippen molar-refractivity contribution in [1.29, 1.82) is 0 Å². The zero-order valence-corrected chi connectivity index (χ0v) is 14.8. The van der Waals surface area contributed by atoms with Crippen LogP contribution in [0.5, 0.6) is 0 Å². The number of alkyl halides is 4. The first-order chi connectivity index (χ1) is 6.71. The fraction of sp³-hybridized carbons (Fsp3) is 0.900. The van der Waals surface area contributed by atoms with Crippen molar-refractivity contribution in [2.24, 2.45) is 10.8 Å². The number of hydrogen-bond donors (Lipinski definition) is 0. The van der Waals surface area contributed by atoms with Gasteiger partial charge in [0.2, 0.25) is 0 Å². The summed E-state index contributed by atoms with van der Waals surface area (Å²) in [4.78, 5) is 12.6. The molecule has 0 saturated heterocycles. The molecule has 0 N–H and O–H groups in total. The molecule has 0 radical (unpaired) electrons. The van der Waals surface area contributed by atoms with Gasteiger partial charge in [-0.2, -0.15) is 0 Å². The minimum Gasteiger partial charge on any atom is -0.297 e. The molecule has 1 nitrogen and oxygen atoms in total. The highest BCUT2D eigenvalue weighted by Gasteiger charge is 2.75. The average molecular weight is 468 g/mol. The van der Waals surface area contributed by atoms with Gasteiger partial charge in [0.05, 0.1) is 8.06 Å². The van der Waals surface area contributed by atoms with Gasteiger partial charge in [-0.1, -0.05) is 77.6 Å². The minimum absolute atomic E-state index is 0.0480. The van der Waals surface area contributed by atoms with Crippen molar-refractivity contribution in [1.82, 2.24) is 0 Å². The van der Waals surface area contributed by atoms with Gasteiger partial charge < -0.3 is 0 Å². The average Bonchev–Trinajstić information content (AvgIpc) is 2.45. The van der Waals surface area contributed by atoms with Crippen LogP contribution in [0.25, 0.3) is 0 Å². The van der Waals surface area contributed by atoms with Crippen LogP contribution in [0.3, 0.4) is 0 Å². The third-order valence-electron chi connectivity index (χ3n) is 4.25. The van der Waals surface area contributed by atoms with Crippen molar-refractivity contribution < 1.29 is 4.79 Å². The van der Waals surface area contributed by atoms with Gasteiger partial charge in [0.25, 0.3) is 0 Å². The summed E-state index contributed by atoms with van der Waals surface area (Å²) >= 11 is 14.6. The summed E-state index contributed by atoms with van der Waals surface area (Å²) in [6.45, 7) is 4.11. The summed E-state index contributed by atoms with van der Waals surface area (Å²) in [7, 11) is 0. The van der Waals surface area contributed by atoms with Crippen LogP contribution in [0.15, 0.2) is 0 Å². The molecular formula is C10H12Br4O. The van der Waals surface area contributed by atoms with E-state index in [1.54, 1.807) is 0 Å². The summed E-state index contributed by atoms with van der Waals surface area (Å²) in [6.07, 6.45) is 1.97. The quantitative estimate of drug-likeness (QED) is 0.523. The molecule has 0 aromatic heterocycles. The number of rotatable bonds is 1. The van der Waals surface area contributed by atoms with E-state index in [9.17, 15) is 4.79 Å². The predicted molar refractivity (Wildman–Crippen MR) is 76.5 cm³/mol. The largest absolute Gasteiger partial charge is 0.297 e. The molecule has 0 aromatic carbocycles. The van der Waals surface area contributed by atoms with Crippen LogP contribution >= 0.6 is 63.7 Å². The van der Waals surface area contributed by atoms with E-state index in [0.29, 0.717) is 5.78 Å². The molecule has 0 aliphatic heterocycles. The van der Waals surface area contributed by atoms with Gasteiger partial charge in [0.15, 0.2) is 5.78 Å². The molecule has 15 heavy (non-hydrogen) atoms. The number of carbonyl (C=O) groups is 1. The second-order valence-corrected chi connectivity index (χ2v) is 10.4. The summed E-state index contributed by atoms with van der Waals surface area (Å²) in [5, 5.41) is 0. The van der Waals surface area contributed by atoms with Gasteiger partial charge in [-0.15, -0.1) is 0 Å². The first-order valence-electron chi connectivity index (χ1n) is 4.87. The van der Waals surface area contributed by atoms with Gasteiger partial charge in [0.1, 0.15) is 0 Å². The van der Waals surface area contributed by atoms with Crippen molar-refractivity contribution in [2.75, 3.05) is 0 Å². The van der Waals surface area contributed by atoms with Gasteiger partial charge >= 0.3 is 0 Å². The maximum Gasteiger partial charge on any atom is 0.156 e. The van der Waals surface area contributed by atoms with Crippen LogP contribution in [-0.4, -0.2) is 18.7 Å². The SMILES string of the molecule is CC1(C)C(=O)C2(Br)CCC1(C(Br)Br)C2Br. The van der Waals surface area contributed by atoms with Crippen molar-refractivity contribution in [2.45, 2.75) is 39.6 Å². The highest BCUT2D eigenvalue weighted by Crippen LogP contribution is 2.72. The highest BCUT2D eigenvalue weighted by molar-refractivity contribution is 9.24. The van der Waals surface area contributed by atoms with E-state index in [1.165, 1.54) is 0 Å². The van der Waals surface area contributed by atoms with Crippen LogP contribution in [-0.2, 0) is 4.79 Å². The van der Waals surface area contributed by atoms with Crippen LogP contribution < -0.4 is 0 Å². The Bertz CT molecular complexity index is 327. The van der Waals surface area contributed by atoms with Gasteiger partial charge in [-0.25, -0.2) is 0 Å². The van der Waals surface area contributed by atoms with Gasteiger partial charge in [-0.3, -0.25) is 4.79 Å². The summed E-state index contributed by atoms with van der Waals surface area (Å²) < 4.78 is -0.209. The summed E-state index contributed by atoms with van der Waals surface area (Å²) in [5.41, 5.74) is -0.353. The molecule has 3 atom stereocenters. The zero-order chi connectivity index (χ0) is 11.6. The monoisotopic (exact) mass is 464 g/mol. The van der Waals surface area contributed by atoms with E-state index in [2.05, 4.69) is 77.6 Å². The lowest BCUT2D eigenvalue weighted by Gasteiger charge is -2.43. The lowest BCUT2D eigenvalue weighted by molar-refractivity contribution is -0.131. The number of Topliss-reactive ketones (excluding diaryl/α,β-unsaturated/α-hetero) is 1. The van der Waals surface area contributed by atoms with Gasteiger partial charge in [0, 0.05) is 15.7 Å². The van der Waals surface area contributed by atoms with E-state index in [1.807, 2.05) is 0 Å². The Kier molecular flexibility index (Phi) is 3.08. The normalized spacial score (nSPS) is 47.9. The predicted octanol–water partition coefficient (Wildman–Crippen LogP) is 4.39. The molecule has 3 unspecified atom stereocenters. The van der Waals surface area contributed by atoms with E-state index in [0.717, 1.165) is 12.8 Å². The molecule has 2 aliphatic carbocycles. The summed E-state index contributed by atoms with van der Waals surface area (Å²) in [5.74, 6) is 0.326. The topological polar surface area (TPSA) is 17.1 Å². The molecule has 2 aliphatic rings. The Hall–Kier alpha value is 1.59. The third kappa shape index (κ3) is 1.27. The smallest absolute Gasteiger partial charge is 0.156 e. The Morgan fingerprint density at radius 1 is 1.33 bits per heavy atom. The Balaban J connectivity index is 2.61. The minimum atomic E-state index is -0.365. The highest BCUT2D eigenvalue weighted by atomic mass is 79.9. The Labute approximate surface area is 124 Å². The molecule has 0 amide bonds. The summed E-state index contributed by atoms with van der Waals surface area (Å²) in [6, 6.07) is 0. The number of hydrogen-bond acceptors (Lipinski definition) is 1. The molecule has 2 rings (SSSR count). The molecule has 2 bridgehead atoms. The van der Waals surface area contributed by atoms with Crippen LogP contribution in [0, 0.1) is 10.8 Å². The molecule has 2 saturated carbocycles. The number of ketones is 1. The second-order valence-electron chi connectivity index (χ2n) is 5.02. The van der Waals surface area contributed by atoms with E-state index >= 15 is 0 Å². The molecule has 86 valence electrons. The molecule has 5 heteroatoms. The lowest BCUT2D eigenvalue weighted by atomic mass is 9.65. The second kappa shape index (κ2) is 3.55. The molecular weight excluding hydrogens is 456 g/mol. The number of fused-ring (bicyclic) bond motifs is 2. The van der Waals surface area contributed by atoms with E-state index in [-0.39, 0.29) is 23.7 Å². The van der Waals surface area contributed by atoms with Crippen molar-refractivity contribution in [3.05, 3.63) is 0 Å². The standard InChI is InChI=1S/C10H12Br4O/c1-8(2)6(15)10(14)4-3-9(8,5(10)11)7(12)13/h5,7H,3-4H2,1-2H3. The molecule has 0 heterocycles. The van der Waals surface area contributed by atoms with Crippen LogP contribution in [0.4, 0.5) is 0 Å². The van der Waals surface area contributed by atoms with Crippen LogP contribution in [0.1, 0.15) is 26.7 Å². The van der Waals surface area contributed by atoms with E-state index < -0.39 is 0 Å². The van der Waals surface area contributed by atoms with Crippen LogP contribution in [0.2, 0.25) is 0 Å². The Morgan fingerprint density at radius 3 is 2.13 bits per heavy atom. The Morgan fingerprint density at radius 2 is 1.87 bits per heavy atom. The lowest BCUT2D eigenvalue weighted by Crippen LogP contribution is -2.45. The number of carbonyl (C=O) groups excluding carboxylic acids is 1. The van der Waals surface area contributed by atoms with Crippen molar-refractivity contribution in [3.8, 4) is 0 Å². The number of halogens is 4. The van der Waals surface area contributed by atoms with Crippen molar-refractivity contribution in [3.63, 3.8) is 0 Å². The zero-order valence-electron chi connectivity index (χ0n) is 8.49. The first kappa shape index (κ1) is 13.0. The van der Waals surface area contributed by atoms with E-state index in [4.69, 9.17) is 0 Å². The fourth-order valence-electron chi connectivity index (χ4n) is 3.13. The molecule has 2 fully saturated rings. The van der Waals surface area contributed by atoms with Crippen molar-refractivity contribution >= 4 is 69.5 Å². The third-order valence-corrected chi connectivity index (χ3v) is 9.32. The fourth-order valence-corrected chi connectivity index (χ4v) is 8.58. The maximum absolute atomic E-state index is 12.4. The molecule has 0 aromatic rings. The molecule has 0 spiro atoms. The maximum atomic E-state index is 12.4.